The normalized spacial score (nSPS) is 21.3. The summed E-state index contributed by atoms with van der Waals surface area (Å²) in [6, 6.07) is 36.1. The van der Waals surface area contributed by atoms with Crippen LogP contribution < -0.4 is 16.4 Å². The van der Waals surface area contributed by atoms with Crippen molar-refractivity contribution in [3.63, 3.8) is 0 Å². The highest BCUT2D eigenvalue weighted by Gasteiger charge is 2.55. The smallest absolute Gasteiger partial charge is 0.322 e. The van der Waals surface area contributed by atoms with Crippen molar-refractivity contribution in [2.24, 2.45) is 34.8 Å². The number of fused-ring (bicyclic) bond motifs is 2. The number of piperidine rings is 6. The lowest BCUT2D eigenvalue weighted by molar-refractivity contribution is -0.161. The van der Waals surface area contributed by atoms with Crippen LogP contribution in [-0.2, 0) is 82.0 Å². The third-order valence-corrected chi connectivity index (χ3v) is 29.9. The summed E-state index contributed by atoms with van der Waals surface area (Å²) >= 11 is 0. The number of likely N-dealkylation sites (tertiary alicyclic amines) is 6. The molecule has 23 heteroatoms. The quantitative estimate of drug-likeness (QED) is 0.0555. The van der Waals surface area contributed by atoms with Gasteiger partial charge in [-0.05, 0) is 248 Å². The Kier molecular flexibility index (Phi) is 29.7. The Morgan fingerprint density at radius 2 is 0.835 bits per heavy atom. The van der Waals surface area contributed by atoms with Gasteiger partial charge in [-0.3, -0.25) is 33.8 Å². The number of carbonyl (C=O) groups excluding carboxylic acids is 8. The lowest BCUT2D eigenvalue weighted by Crippen LogP contribution is -2.60. The van der Waals surface area contributed by atoms with Crippen molar-refractivity contribution in [2.45, 2.75) is 214 Å². The van der Waals surface area contributed by atoms with Gasteiger partial charge in [0.05, 0.1) is 17.3 Å². The molecule has 0 saturated carbocycles. The van der Waals surface area contributed by atoms with Crippen molar-refractivity contribution >= 4 is 59.0 Å². The minimum absolute atomic E-state index is 0.0327. The second kappa shape index (κ2) is 40.6. The molecule has 15 rings (SSSR count). The molecule has 5 aromatic carbocycles. The molecule has 23 nitrogen and oxygen atoms in total. The van der Waals surface area contributed by atoms with E-state index in [0.717, 1.165) is 187 Å². The number of nitrogens with zero attached hydrogens (tertiary/aromatic N) is 12. The van der Waals surface area contributed by atoms with Gasteiger partial charge in [-0.2, -0.15) is 0 Å². The summed E-state index contributed by atoms with van der Waals surface area (Å²) in [6.45, 7) is 29.5. The number of nitrogens with two attached hydrogens (primary N) is 1. The van der Waals surface area contributed by atoms with Crippen LogP contribution in [0.4, 0.5) is 25.8 Å². The van der Waals surface area contributed by atoms with E-state index in [1.165, 1.54) is 40.7 Å². The number of amides is 11. The molecule has 10 aliphatic rings. The molecule has 121 heavy (non-hydrogen) atoms. The van der Waals surface area contributed by atoms with Crippen LogP contribution in [0.3, 0.4) is 0 Å². The van der Waals surface area contributed by atoms with Crippen LogP contribution in [0.2, 0.25) is 0 Å². The van der Waals surface area contributed by atoms with E-state index in [4.69, 9.17) is 5.73 Å². The van der Waals surface area contributed by atoms with Gasteiger partial charge in [-0.1, -0.05) is 119 Å². The molecule has 4 N–H and O–H groups in total. The lowest BCUT2D eigenvalue weighted by Gasteiger charge is -2.48. The van der Waals surface area contributed by atoms with Crippen LogP contribution in [0.1, 0.15) is 179 Å². The largest absolute Gasteiger partial charge is 0.351 e. The number of hydrogen-bond acceptors (Lipinski definition) is 12. The monoisotopic (exact) mass is 1650 g/mol. The number of piperazine rings is 2. The van der Waals surface area contributed by atoms with Gasteiger partial charge in [0.2, 0.25) is 29.5 Å². The fourth-order valence-electron chi connectivity index (χ4n) is 22.0. The van der Waals surface area contributed by atoms with E-state index in [2.05, 4.69) is 153 Å². The van der Waals surface area contributed by atoms with Crippen molar-refractivity contribution in [2.75, 3.05) is 156 Å². The topological polar surface area (TPSA) is 226 Å². The highest BCUT2D eigenvalue weighted by atomic mass is 16.2. The average Bonchev–Trinajstić information content (AvgIpc) is 0.744. The zero-order valence-electron chi connectivity index (χ0n) is 74.0. The van der Waals surface area contributed by atoms with E-state index in [9.17, 15) is 24.0 Å². The molecular formula is C98H139N15O8. The molecule has 654 valence electrons. The number of benzene rings is 5. The highest BCUT2D eigenvalue weighted by Crippen LogP contribution is 2.46. The Hall–Kier alpha value is -8.90. The lowest BCUT2D eigenvalue weighted by atomic mass is 9.64. The maximum atomic E-state index is 16.6. The molecule has 5 aromatic rings. The SMILES string of the molecule is CCc1ccc(CC(CC(=O)N2CCC(N3Cc4ccccc4NC3=O)CC2)(C(=O)N2CCC(N3CCN(C)CC3)CC2)C(Cc2ccc(C)c(C)c2)C(=O)N2CCC(C3CCN(C(N)=O)CC3)CC2)cc1CC.CCc1ccc(CC(CC(=O)N2CCC(N3Cc4ccccc4NC3=O)CC2)C(=O)N2CCN(C3CCN(C)CC3)CC2)cc1CC. The van der Waals surface area contributed by atoms with Crippen LogP contribution in [0.25, 0.3) is 0 Å². The third-order valence-electron chi connectivity index (χ3n) is 29.9. The number of hydrogen-bond donors (Lipinski definition) is 3. The second-order valence-electron chi connectivity index (χ2n) is 37.1. The number of para-hydroxylation sites is 2. The van der Waals surface area contributed by atoms with Crippen molar-refractivity contribution < 1.29 is 38.4 Å². The molecule has 3 atom stereocenters. The van der Waals surface area contributed by atoms with E-state index in [0.29, 0.717) is 128 Å². The molecule has 0 radical (unpaired) electrons. The zero-order valence-corrected chi connectivity index (χ0v) is 74.0. The van der Waals surface area contributed by atoms with Crippen LogP contribution in [0.5, 0.6) is 0 Å². The fraction of sp³-hybridized carbons (Fsp3) is 0.612. The molecule has 10 heterocycles. The van der Waals surface area contributed by atoms with E-state index in [1.807, 2.05) is 70.7 Å². The van der Waals surface area contributed by atoms with Gasteiger partial charge in [-0.25, -0.2) is 14.4 Å². The summed E-state index contributed by atoms with van der Waals surface area (Å²) in [5.74, 6) is -0.332. The van der Waals surface area contributed by atoms with Gasteiger partial charge in [0.15, 0.2) is 0 Å². The van der Waals surface area contributed by atoms with Gasteiger partial charge >= 0.3 is 18.1 Å². The third kappa shape index (κ3) is 21.1. The predicted molar refractivity (Wildman–Crippen MR) is 478 cm³/mol. The summed E-state index contributed by atoms with van der Waals surface area (Å²) < 4.78 is 0. The molecule has 0 spiro atoms. The van der Waals surface area contributed by atoms with Crippen molar-refractivity contribution in [3.8, 4) is 0 Å². The molecular weight excluding hydrogens is 1520 g/mol. The number of rotatable bonds is 23. The number of urea groups is 3. The second-order valence-corrected chi connectivity index (χ2v) is 37.1. The molecule has 11 amide bonds. The summed E-state index contributed by atoms with van der Waals surface area (Å²) in [5, 5.41) is 6.12. The van der Waals surface area contributed by atoms with Crippen molar-refractivity contribution in [1.29, 1.82) is 0 Å². The molecule has 3 unspecified atom stereocenters. The predicted octanol–water partition coefficient (Wildman–Crippen LogP) is 12.1. The first-order chi connectivity index (χ1) is 58.5. The van der Waals surface area contributed by atoms with E-state index < -0.39 is 11.3 Å². The van der Waals surface area contributed by atoms with Crippen LogP contribution in [-0.4, -0.2) is 276 Å². The molecule has 0 aliphatic carbocycles. The van der Waals surface area contributed by atoms with Gasteiger partial charge in [0.25, 0.3) is 0 Å². The first-order valence-corrected chi connectivity index (χ1v) is 46.5. The average molecular weight is 1660 g/mol. The van der Waals surface area contributed by atoms with Gasteiger partial charge < -0.3 is 65.4 Å². The Morgan fingerprint density at radius 3 is 1.35 bits per heavy atom. The Bertz CT molecular complexity index is 4410. The number of primary amides is 1. The molecule has 8 fully saturated rings. The van der Waals surface area contributed by atoms with Gasteiger partial charge in [0, 0.05) is 179 Å². The van der Waals surface area contributed by atoms with Crippen LogP contribution in [0, 0.1) is 42.9 Å². The van der Waals surface area contributed by atoms with Gasteiger partial charge in [0.1, 0.15) is 0 Å². The minimum Gasteiger partial charge on any atom is -0.351 e. The van der Waals surface area contributed by atoms with Crippen molar-refractivity contribution in [1.82, 2.24) is 58.8 Å². The first-order valence-electron chi connectivity index (χ1n) is 46.5. The Balaban J connectivity index is 0.000000219. The first kappa shape index (κ1) is 88.4. The number of likely N-dealkylation sites (N-methyl/N-ethyl adjacent to an activating group) is 1. The minimum atomic E-state index is -1.40. The maximum Gasteiger partial charge on any atom is 0.322 e. The van der Waals surface area contributed by atoms with Crippen molar-refractivity contribution in [3.05, 3.63) is 164 Å². The van der Waals surface area contributed by atoms with Gasteiger partial charge in [-0.15, -0.1) is 0 Å². The molecule has 8 saturated heterocycles. The van der Waals surface area contributed by atoms with Crippen LogP contribution >= 0.6 is 0 Å². The number of nitrogens with one attached hydrogen (secondary N) is 2. The van der Waals surface area contributed by atoms with E-state index in [-0.39, 0.29) is 84.9 Å². The summed E-state index contributed by atoms with van der Waals surface area (Å²) in [6.07, 6.45) is 15.4. The van der Waals surface area contributed by atoms with E-state index in [1.54, 1.807) is 4.90 Å². The summed E-state index contributed by atoms with van der Waals surface area (Å²) in [5.41, 5.74) is 18.8. The highest BCUT2D eigenvalue weighted by molar-refractivity contribution is 5.96. The standard InChI is InChI=1S/C60H85N9O5.C38H54N6O3/c1-6-46-15-14-45(37-47(46)7-2)39-60(57(72)67-30-20-51(21-31-67)64-34-32-63(5)33-35-64,40-55(70)65-28-22-52(23-29-65)69-41-50-10-8-9-11-54(50)62-59(69)74)53(38-44-13-12-42(3)43(4)36-44)56(71)66-24-16-48(17-25-66)49-18-26-68(27-19-49)58(61)73;1-4-29-11-10-28(24-30(29)5-2)25-32(37(46)43-22-20-41(21-23-43)33-12-16-40(3)17-13-33)26-36(45)42-18-14-34(15-19-42)44-27-31-8-6-7-9-35(31)39-38(44)47/h8-15,36-37,48-49,51-53H,6-7,16-35,38-41H2,1-5H3,(H2,61,73)(H,62,74);6-11,24,32-34H,4-5,12-23,25-27H2,1-3H3,(H,39,47). The molecule has 10 aliphatic heterocycles. The zero-order chi connectivity index (χ0) is 85.0. The molecule has 0 aromatic heterocycles. The van der Waals surface area contributed by atoms with E-state index >= 15 is 14.4 Å². The summed E-state index contributed by atoms with van der Waals surface area (Å²) in [7, 11) is 4.38. The fourth-order valence-corrected chi connectivity index (χ4v) is 22.0. The number of anilines is 2. The molecule has 0 bridgehead atoms. The number of aryl methyl sites for hydroxylation is 6. The maximum absolute atomic E-state index is 16.6. The Morgan fingerprint density at radius 1 is 0.413 bits per heavy atom. The number of carbonyl (C=O) groups is 8. The van der Waals surface area contributed by atoms with Crippen LogP contribution in [0.15, 0.2) is 103 Å². The summed E-state index contributed by atoms with van der Waals surface area (Å²) in [4.78, 5) is 140. The Labute approximate surface area is 720 Å².